The van der Waals surface area contributed by atoms with E-state index in [9.17, 15) is 0 Å². The van der Waals surface area contributed by atoms with Gasteiger partial charge in [0.25, 0.3) is 0 Å². The third kappa shape index (κ3) is 5.09. The molecule has 2 aromatic heterocycles. The summed E-state index contributed by atoms with van der Waals surface area (Å²) >= 11 is 0. The van der Waals surface area contributed by atoms with Crippen molar-refractivity contribution in [1.29, 1.82) is 0 Å². The maximum absolute atomic E-state index is 3.81. The Morgan fingerprint density at radius 1 is 0.400 bits per heavy atom. The summed E-state index contributed by atoms with van der Waals surface area (Å²) in [6.45, 7) is 8.70. The molecule has 1 N–H and O–H groups in total. The summed E-state index contributed by atoms with van der Waals surface area (Å²) in [6, 6.07) is 64.8. The number of hydrogen-bond acceptors (Lipinski definition) is 0. The van der Waals surface area contributed by atoms with Crippen LogP contribution in [0.15, 0.2) is 176 Å². The van der Waals surface area contributed by atoms with Gasteiger partial charge in [0, 0.05) is 43.7 Å². The Bertz CT molecular complexity index is 3040. The second-order valence-corrected chi connectivity index (χ2v) is 15.0. The quantitative estimate of drug-likeness (QED) is 0.188. The lowest BCUT2D eigenvalue weighted by Gasteiger charge is -2.22. The molecule has 2 heteroatoms. The largest absolute Gasteiger partial charge is 0.354 e. The second kappa shape index (κ2) is 12.7. The van der Waals surface area contributed by atoms with Crippen molar-refractivity contribution in [3.05, 3.63) is 187 Å². The SMILES string of the molecule is CC.CC1(C)c2ccccc2-c2ccc(-c3cccc(-c4cccc(-c5cccc6c5[nH]c5ccc(-n7c8ccccc8c8ccccc87)cc56)c4)c3)cc21. The minimum atomic E-state index is -0.0237. The highest BCUT2D eigenvalue weighted by Gasteiger charge is 2.35. The Hall–Kier alpha value is -6.64. The minimum absolute atomic E-state index is 0.0237. The standard InChI is InChI=1S/C51H36N2.C2H6/c1-51(2)45-21-6-3-16-39(45)40-26-24-35(30-46(40)51)33-13-9-12-32(28-33)34-14-10-15-36(29-34)38-19-11-20-43-44-31-37(25-27-47(44)52-50(38)43)53-48-22-7-4-17-41(48)42-18-5-8-23-49(42)53;1-2/h3-31,52H,1-2H3;1-2H3. The molecule has 55 heavy (non-hydrogen) atoms. The summed E-state index contributed by atoms with van der Waals surface area (Å²) in [5.74, 6) is 0. The van der Waals surface area contributed by atoms with Gasteiger partial charge in [-0.15, -0.1) is 0 Å². The maximum atomic E-state index is 3.81. The average molecular weight is 707 g/mol. The number of para-hydroxylation sites is 3. The van der Waals surface area contributed by atoms with Crippen molar-refractivity contribution in [3.63, 3.8) is 0 Å². The molecule has 0 bridgehead atoms. The third-order valence-electron chi connectivity index (χ3n) is 11.7. The predicted octanol–water partition coefficient (Wildman–Crippen LogP) is 14.8. The Balaban J connectivity index is 0.00000183. The van der Waals surface area contributed by atoms with Gasteiger partial charge in [0.1, 0.15) is 0 Å². The molecule has 0 amide bonds. The van der Waals surface area contributed by atoms with Crippen molar-refractivity contribution < 1.29 is 0 Å². The van der Waals surface area contributed by atoms with E-state index in [0.717, 1.165) is 11.0 Å². The van der Waals surface area contributed by atoms with Crippen LogP contribution in [0.25, 0.3) is 93.8 Å². The highest BCUT2D eigenvalue weighted by Crippen LogP contribution is 2.49. The first-order valence-corrected chi connectivity index (χ1v) is 19.5. The Morgan fingerprint density at radius 2 is 0.945 bits per heavy atom. The smallest absolute Gasteiger partial charge is 0.0544 e. The number of aromatic amines is 1. The number of nitrogens with one attached hydrogen (secondary N) is 1. The number of benzene rings is 8. The number of fused-ring (bicyclic) bond motifs is 9. The number of H-pyrrole nitrogens is 1. The fraction of sp³-hybridized carbons (Fsp3) is 0.0943. The van der Waals surface area contributed by atoms with E-state index >= 15 is 0 Å². The molecule has 0 radical (unpaired) electrons. The fourth-order valence-corrected chi connectivity index (χ4v) is 9.12. The molecule has 1 aliphatic rings. The van der Waals surface area contributed by atoms with Crippen LogP contribution in [0.1, 0.15) is 38.8 Å². The maximum Gasteiger partial charge on any atom is 0.0544 e. The monoisotopic (exact) mass is 706 g/mol. The number of nitrogens with zero attached hydrogens (tertiary/aromatic N) is 1. The summed E-state index contributed by atoms with van der Waals surface area (Å²) in [6.07, 6.45) is 0. The first-order chi connectivity index (χ1) is 27.0. The minimum Gasteiger partial charge on any atom is -0.354 e. The summed E-state index contributed by atoms with van der Waals surface area (Å²) in [5.41, 5.74) is 18.7. The van der Waals surface area contributed by atoms with Crippen LogP contribution in [0.2, 0.25) is 0 Å². The van der Waals surface area contributed by atoms with Crippen LogP contribution >= 0.6 is 0 Å². The van der Waals surface area contributed by atoms with Gasteiger partial charge < -0.3 is 9.55 Å². The molecule has 2 nitrogen and oxygen atoms in total. The average Bonchev–Trinajstić information content (AvgIpc) is 3.87. The van der Waals surface area contributed by atoms with Gasteiger partial charge in [-0.3, -0.25) is 0 Å². The zero-order valence-corrected chi connectivity index (χ0v) is 31.7. The van der Waals surface area contributed by atoms with Crippen LogP contribution in [-0.2, 0) is 5.41 Å². The summed E-state index contributed by atoms with van der Waals surface area (Å²) in [5, 5.41) is 5.01. The molecule has 0 spiro atoms. The molecule has 264 valence electrons. The molecule has 10 aromatic rings. The van der Waals surface area contributed by atoms with Crippen LogP contribution in [0.3, 0.4) is 0 Å². The van der Waals surface area contributed by atoms with Crippen LogP contribution < -0.4 is 0 Å². The number of aromatic nitrogens is 2. The summed E-state index contributed by atoms with van der Waals surface area (Å²) in [7, 11) is 0. The van der Waals surface area contributed by atoms with Crippen LogP contribution in [0.5, 0.6) is 0 Å². The van der Waals surface area contributed by atoms with Crippen molar-refractivity contribution in [3.8, 4) is 50.2 Å². The molecule has 8 aromatic carbocycles. The Kier molecular flexibility index (Phi) is 7.64. The van der Waals surface area contributed by atoms with E-state index in [1.165, 1.54) is 93.9 Å². The molecular formula is C53H42N2. The van der Waals surface area contributed by atoms with E-state index in [1.54, 1.807) is 0 Å². The highest BCUT2D eigenvalue weighted by atomic mass is 15.0. The molecule has 0 saturated carbocycles. The van der Waals surface area contributed by atoms with E-state index in [1.807, 2.05) is 13.8 Å². The zero-order chi connectivity index (χ0) is 37.3. The van der Waals surface area contributed by atoms with Crippen molar-refractivity contribution >= 4 is 43.6 Å². The van der Waals surface area contributed by atoms with Gasteiger partial charge in [0.15, 0.2) is 0 Å². The van der Waals surface area contributed by atoms with E-state index in [4.69, 9.17) is 0 Å². The predicted molar refractivity (Wildman–Crippen MR) is 235 cm³/mol. The van der Waals surface area contributed by atoms with Crippen LogP contribution in [0.4, 0.5) is 0 Å². The molecule has 2 heterocycles. The highest BCUT2D eigenvalue weighted by molar-refractivity contribution is 6.13. The van der Waals surface area contributed by atoms with Gasteiger partial charge in [-0.25, -0.2) is 0 Å². The lowest BCUT2D eigenvalue weighted by molar-refractivity contribution is 0.660. The summed E-state index contributed by atoms with van der Waals surface area (Å²) in [4.78, 5) is 3.81. The number of rotatable bonds is 4. The van der Waals surface area contributed by atoms with Gasteiger partial charge in [-0.05, 0) is 98.6 Å². The lowest BCUT2D eigenvalue weighted by Crippen LogP contribution is -2.14. The van der Waals surface area contributed by atoms with E-state index < -0.39 is 0 Å². The lowest BCUT2D eigenvalue weighted by atomic mass is 9.81. The molecule has 0 saturated heterocycles. The third-order valence-corrected chi connectivity index (χ3v) is 11.7. The van der Waals surface area contributed by atoms with Gasteiger partial charge in [0.05, 0.1) is 16.6 Å². The van der Waals surface area contributed by atoms with Gasteiger partial charge >= 0.3 is 0 Å². The Morgan fingerprint density at radius 3 is 1.67 bits per heavy atom. The van der Waals surface area contributed by atoms with E-state index in [2.05, 4.69) is 199 Å². The molecule has 1 aliphatic carbocycles. The first kappa shape index (κ1) is 33.0. The first-order valence-electron chi connectivity index (χ1n) is 19.5. The molecule has 0 atom stereocenters. The van der Waals surface area contributed by atoms with Gasteiger partial charge in [0.2, 0.25) is 0 Å². The molecular weight excluding hydrogens is 665 g/mol. The van der Waals surface area contributed by atoms with Crippen LogP contribution in [0, 0.1) is 0 Å². The van der Waals surface area contributed by atoms with Gasteiger partial charge in [-0.1, -0.05) is 155 Å². The van der Waals surface area contributed by atoms with Crippen LogP contribution in [-0.4, -0.2) is 9.55 Å². The van der Waals surface area contributed by atoms with E-state index in [0.29, 0.717) is 0 Å². The van der Waals surface area contributed by atoms with E-state index in [-0.39, 0.29) is 5.41 Å². The topological polar surface area (TPSA) is 20.7 Å². The van der Waals surface area contributed by atoms with Crippen molar-refractivity contribution in [2.45, 2.75) is 33.1 Å². The van der Waals surface area contributed by atoms with Gasteiger partial charge in [-0.2, -0.15) is 0 Å². The normalized spacial score (nSPS) is 12.9. The van der Waals surface area contributed by atoms with Crippen molar-refractivity contribution in [1.82, 2.24) is 9.55 Å². The second-order valence-electron chi connectivity index (χ2n) is 15.0. The van der Waals surface area contributed by atoms with Crippen molar-refractivity contribution in [2.24, 2.45) is 0 Å². The van der Waals surface area contributed by atoms with Crippen molar-refractivity contribution in [2.75, 3.05) is 0 Å². The zero-order valence-electron chi connectivity index (χ0n) is 31.7. The number of hydrogen-bond donors (Lipinski definition) is 1. The molecule has 0 aliphatic heterocycles. The molecule has 0 fully saturated rings. The molecule has 11 rings (SSSR count). The summed E-state index contributed by atoms with van der Waals surface area (Å²) < 4.78 is 2.40. The molecule has 0 unspecified atom stereocenters. The fourth-order valence-electron chi connectivity index (χ4n) is 9.12. The Labute approximate surface area is 322 Å².